The van der Waals surface area contributed by atoms with Crippen LogP contribution in [-0.4, -0.2) is 60.9 Å². The third kappa shape index (κ3) is 3.43. The number of nitrogens with one attached hydrogen (secondary N) is 1. The quantitative estimate of drug-likeness (QED) is 0.685. The zero-order valence-corrected chi connectivity index (χ0v) is 11.2. The molecule has 0 radical (unpaired) electrons. The van der Waals surface area contributed by atoms with Crippen molar-refractivity contribution in [1.82, 2.24) is 15.1 Å². The van der Waals surface area contributed by atoms with Gasteiger partial charge in [-0.25, -0.2) is 0 Å². The lowest BCUT2D eigenvalue weighted by molar-refractivity contribution is -0.155. The third-order valence-electron chi connectivity index (χ3n) is 3.21. The lowest BCUT2D eigenvalue weighted by Crippen LogP contribution is -2.56. The third-order valence-corrected chi connectivity index (χ3v) is 3.21. The highest BCUT2D eigenvalue weighted by atomic mass is 16.2. The van der Waals surface area contributed by atoms with Gasteiger partial charge in [-0.2, -0.15) is 0 Å². The smallest absolute Gasteiger partial charge is 0.312 e. The molecular formula is C12H23N3O2. The van der Waals surface area contributed by atoms with Gasteiger partial charge in [0.05, 0.1) is 0 Å². The van der Waals surface area contributed by atoms with Gasteiger partial charge in [-0.15, -0.1) is 0 Å². The Morgan fingerprint density at radius 2 is 1.88 bits per heavy atom. The van der Waals surface area contributed by atoms with Gasteiger partial charge in [-0.05, 0) is 12.5 Å². The number of piperazine rings is 1. The van der Waals surface area contributed by atoms with Crippen LogP contribution >= 0.6 is 0 Å². The molecule has 1 heterocycles. The molecule has 1 atom stereocenters. The van der Waals surface area contributed by atoms with Crippen molar-refractivity contribution in [2.45, 2.75) is 26.8 Å². The van der Waals surface area contributed by atoms with Gasteiger partial charge >= 0.3 is 11.8 Å². The average molecular weight is 241 g/mol. The molecule has 0 aromatic heterocycles. The molecule has 1 aliphatic rings. The van der Waals surface area contributed by atoms with E-state index in [4.69, 9.17) is 0 Å². The molecule has 2 amide bonds. The molecule has 98 valence electrons. The molecule has 1 fully saturated rings. The number of carbonyl (C=O) groups is 2. The van der Waals surface area contributed by atoms with Crippen LogP contribution in [0.1, 0.15) is 20.8 Å². The summed E-state index contributed by atoms with van der Waals surface area (Å²) in [5, 5.41) is 3.36. The number of rotatable bonds is 5. The van der Waals surface area contributed by atoms with Crippen molar-refractivity contribution in [3.05, 3.63) is 0 Å². The van der Waals surface area contributed by atoms with Gasteiger partial charge in [-0.3, -0.25) is 9.59 Å². The van der Waals surface area contributed by atoms with E-state index >= 15 is 0 Å². The van der Waals surface area contributed by atoms with Crippen LogP contribution in [0.3, 0.4) is 0 Å². The van der Waals surface area contributed by atoms with E-state index in [1.807, 2.05) is 6.92 Å². The van der Waals surface area contributed by atoms with Crippen LogP contribution in [-0.2, 0) is 9.59 Å². The Morgan fingerprint density at radius 1 is 1.24 bits per heavy atom. The normalized spacial score (nSPS) is 19.1. The zero-order chi connectivity index (χ0) is 13.0. The Labute approximate surface area is 103 Å². The highest BCUT2D eigenvalue weighted by molar-refractivity contribution is 6.35. The minimum Gasteiger partial charge on any atom is -0.336 e. The monoisotopic (exact) mass is 241 g/mol. The Bertz CT molecular complexity index is 291. The molecule has 1 rings (SSSR count). The van der Waals surface area contributed by atoms with Gasteiger partial charge in [0.2, 0.25) is 0 Å². The van der Waals surface area contributed by atoms with Crippen LogP contribution in [0.4, 0.5) is 0 Å². The van der Waals surface area contributed by atoms with Gasteiger partial charge < -0.3 is 15.1 Å². The molecule has 5 nitrogen and oxygen atoms in total. The Balaban J connectivity index is 2.61. The molecule has 0 aromatic rings. The maximum absolute atomic E-state index is 11.8. The summed E-state index contributed by atoms with van der Waals surface area (Å²) in [5.74, 6) is -0.324. The van der Waals surface area contributed by atoms with Crippen LogP contribution < -0.4 is 5.32 Å². The number of likely N-dealkylation sites (N-methyl/N-ethyl adjacent to an activating group) is 2. The van der Waals surface area contributed by atoms with Crippen molar-refractivity contribution >= 4 is 11.8 Å². The summed E-state index contributed by atoms with van der Waals surface area (Å²) < 4.78 is 0. The zero-order valence-electron chi connectivity index (χ0n) is 11.2. The molecule has 0 spiro atoms. The van der Waals surface area contributed by atoms with E-state index in [1.165, 1.54) is 4.90 Å². The molecule has 1 unspecified atom stereocenters. The average Bonchev–Trinajstić information content (AvgIpc) is 2.28. The summed E-state index contributed by atoms with van der Waals surface area (Å²) >= 11 is 0. The Hall–Kier alpha value is -1.10. The van der Waals surface area contributed by atoms with Crippen molar-refractivity contribution < 1.29 is 9.59 Å². The summed E-state index contributed by atoms with van der Waals surface area (Å²) in [6.45, 7) is 9.04. The molecule has 0 saturated carbocycles. The fourth-order valence-electron chi connectivity index (χ4n) is 1.96. The SMILES string of the molecule is CCNC(CN1CCN(C)C(=O)C1=O)C(C)C. The maximum Gasteiger partial charge on any atom is 0.312 e. The largest absolute Gasteiger partial charge is 0.336 e. The van der Waals surface area contributed by atoms with Crippen molar-refractivity contribution in [2.24, 2.45) is 5.92 Å². The number of hydrogen-bond acceptors (Lipinski definition) is 3. The highest BCUT2D eigenvalue weighted by Crippen LogP contribution is 2.08. The molecule has 1 N–H and O–H groups in total. The molecule has 1 aliphatic heterocycles. The minimum atomic E-state index is -0.393. The van der Waals surface area contributed by atoms with Gasteiger partial charge in [0.25, 0.3) is 0 Å². The van der Waals surface area contributed by atoms with Crippen LogP contribution in [0.15, 0.2) is 0 Å². The lowest BCUT2D eigenvalue weighted by Gasteiger charge is -2.35. The first-order valence-corrected chi connectivity index (χ1v) is 6.25. The highest BCUT2D eigenvalue weighted by Gasteiger charge is 2.31. The first-order chi connectivity index (χ1) is 7.97. The summed E-state index contributed by atoms with van der Waals surface area (Å²) in [7, 11) is 1.67. The van der Waals surface area contributed by atoms with Crippen LogP contribution in [0.25, 0.3) is 0 Å². The molecule has 5 heteroatoms. The second-order valence-corrected chi connectivity index (χ2v) is 4.89. The van der Waals surface area contributed by atoms with Crippen LogP contribution in [0, 0.1) is 5.92 Å². The van der Waals surface area contributed by atoms with Crippen molar-refractivity contribution in [3.8, 4) is 0 Å². The fraction of sp³-hybridized carbons (Fsp3) is 0.833. The summed E-state index contributed by atoms with van der Waals surface area (Å²) in [6.07, 6.45) is 0. The maximum atomic E-state index is 11.8. The van der Waals surface area contributed by atoms with Crippen LogP contribution in [0.2, 0.25) is 0 Å². The predicted octanol–water partition coefficient (Wildman–Crippen LogP) is -0.0789. The van der Waals surface area contributed by atoms with E-state index in [0.29, 0.717) is 25.6 Å². The van der Waals surface area contributed by atoms with Crippen molar-refractivity contribution in [3.63, 3.8) is 0 Å². The second-order valence-electron chi connectivity index (χ2n) is 4.89. The lowest BCUT2D eigenvalue weighted by atomic mass is 10.0. The van der Waals surface area contributed by atoms with E-state index < -0.39 is 5.91 Å². The minimum absolute atomic E-state index is 0.250. The summed E-state index contributed by atoms with van der Waals surface area (Å²) in [6, 6.07) is 0.250. The fourth-order valence-corrected chi connectivity index (χ4v) is 1.96. The van der Waals surface area contributed by atoms with Gasteiger partial charge in [-0.1, -0.05) is 20.8 Å². The predicted molar refractivity (Wildman–Crippen MR) is 66.5 cm³/mol. The van der Waals surface area contributed by atoms with Crippen LogP contribution in [0.5, 0.6) is 0 Å². The molecular weight excluding hydrogens is 218 g/mol. The summed E-state index contributed by atoms with van der Waals surface area (Å²) in [4.78, 5) is 26.5. The van der Waals surface area contributed by atoms with Gasteiger partial charge in [0, 0.05) is 32.7 Å². The van der Waals surface area contributed by atoms with Gasteiger partial charge in [0.15, 0.2) is 0 Å². The van der Waals surface area contributed by atoms with Crippen molar-refractivity contribution in [1.29, 1.82) is 0 Å². The van der Waals surface area contributed by atoms with E-state index in [0.717, 1.165) is 6.54 Å². The number of hydrogen-bond donors (Lipinski definition) is 1. The Kier molecular flexibility index (Phi) is 4.93. The first-order valence-electron chi connectivity index (χ1n) is 6.25. The number of nitrogens with zero attached hydrogens (tertiary/aromatic N) is 2. The Morgan fingerprint density at radius 3 is 2.41 bits per heavy atom. The van der Waals surface area contributed by atoms with E-state index in [2.05, 4.69) is 19.2 Å². The molecule has 0 aliphatic carbocycles. The topological polar surface area (TPSA) is 52.6 Å². The standard InChI is InChI=1S/C12H23N3O2/c1-5-13-10(9(2)3)8-15-7-6-14(4)11(16)12(15)17/h9-10,13H,5-8H2,1-4H3. The molecule has 17 heavy (non-hydrogen) atoms. The van der Waals surface area contributed by atoms with Gasteiger partial charge in [0.1, 0.15) is 0 Å². The number of carbonyl (C=O) groups excluding carboxylic acids is 2. The first kappa shape index (κ1) is 14.0. The second kappa shape index (κ2) is 6.00. The molecule has 0 bridgehead atoms. The number of amides is 2. The van der Waals surface area contributed by atoms with Crippen molar-refractivity contribution in [2.75, 3.05) is 33.2 Å². The molecule has 1 saturated heterocycles. The summed E-state index contributed by atoms with van der Waals surface area (Å²) in [5.41, 5.74) is 0. The van der Waals surface area contributed by atoms with E-state index in [1.54, 1.807) is 11.9 Å². The molecule has 0 aromatic carbocycles. The van der Waals surface area contributed by atoms with E-state index in [9.17, 15) is 9.59 Å². The van der Waals surface area contributed by atoms with E-state index in [-0.39, 0.29) is 11.9 Å².